The van der Waals surface area contributed by atoms with E-state index in [1.165, 1.54) is 0 Å². The van der Waals surface area contributed by atoms with E-state index in [1.54, 1.807) is 17.0 Å². The Labute approximate surface area is 92.2 Å². The summed E-state index contributed by atoms with van der Waals surface area (Å²) in [6.45, 7) is -0.122. The molecule has 5 heteroatoms. The van der Waals surface area contributed by atoms with Crippen molar-refractivity contribution in [2.75, 3.05) is 0 Å². The number of halogens is 1. The lowest BCUT2D eigenvalue weighted by atomic mass is 10.3. The van der Waals surface area contributed by atoms with E-state index >= 15 is 0 Å². The van der Waals surface area contributed by atoms with E-state index in [-0.39, 0.29) is 6.61 Å². The first-order valence-electron chi connectivity index (χ1n) is 4.46. The Morgan fingerprint density at radius 1 is 1.53 bits per heavy atom. The molecule has 15 heavy (non-hydrogen) atoms. The lowest BCUT2D eigenvalue weighted by molar-refractivity contribution is 0.273. The first-order valence-corrected chi connectivity index (χ1v) is 4.84. The van der Waals surface area contributed by atoms with Gasteiger partial charge in [0.1, 0.15) is 5.82 Å². The molecule has 0 saturated carbocycles. The molecule has 0 saturated heterocycles. The number of aliphatic hydroxyl groups is 1. The minimum absolute atomic E-state index is 0.122. The van der Waals surface area contributed by atoms with E-state index in [2.05, 4.69) is 9.97 Å². The smallest absolute Gasteiger partial charge is 0.153 e. The van der Waals surface area contributed by atoms with E-state index in [4.69, 9.17) is 16.7 Å². The van der Waals surface area contributed by atoms with Crippen molar-refractivity contribution in [2.24, 2.45) is 7.05 Å². The second kappa shape index (κ2) is 4.00. The molecule has 1 N–H and O–H groups in total. The third kappa shape index (κ3) is 1.73. The van der Waals surface area contributed by atoms with Gasteiger partial charge in [0.2, 0.25) is 0 Å². The Hall–Kier alpha value is -1.39. The van der Waals surface area contributed by atoms with E-state index in [1.807, 2.05) is 19.2 Å². The summed E-state index contributed by atoms with van der Waals surface area (Å²) < 4.78 is 1.76. The van der Waals surface area contributed by atoms with Crippen LogP contribution in [0.3, 0.4) is 0 Å². The predicted octanol–water partition coefficient (Wildman–Crippen LogP) is 1.63. The van der Waals surface area contributed by atoms with Gasteiger partial charge in [-0.05, 0) is 12.1 Å². The molecule has 0 bridgehead atoms. The molecular formula is C10H10ClN3O. The lowest BCUT2D eigenvalue weighted by Gasteiger charge is -2.02. The fourth-order valence-corrected chi connectivity index (χ4v) is 1.69. The second-order valence-electron chi connectivity index (χ2n) is 3.13. The monoisotopic (exact) mass is 223 g/mol. The quantitative estimate of drug-likeness (QED) is 0.842. The van der Waals surface area contributed by atoms with E-state index < -0.39 is 0 Å². The summed E-state index contributed by atoms with van der Waals surface area (Å²) >= 11 is 5.89. The van der Waals surface area contributed by atoms with Crippen molar-refractivity contribution < 1.29 is 5.11 Å². The Morgan fingerprint density at radius 2 is 2.33 bits per heavy atom. The van der Waals surface area contributed by atoms with Gasteiger partial charge in [0.15, 0.2) is 5.15 Å². The highest BCUT2D eigenvalue weighted by molar-refractivity contribution is 6.30. The Kier molecular flexibility index (Phi) is 2.70. The molecule has 0 aromatic carbocycles. The zero-order valence-electron chi connectivity index (χ0n) is 8.18. The molecule has 0 fully saturated rings. The fraction of sp³-hybridized carbons (Fsp3) is 0.200. The highest BCUT2D eigenvalue weighted by Gasteiger charge is 2.13. The second-order valence-corrected chi connectivity index (χ2v) is 3.49. The van der Waals surface area contributed by atoms with Crippen molar-refractivity contribution in [3.63, 3.8) is 0 Å². The van der Waals surface area contributed by atoms with Gasteiger partial charge in [-0.1, -0.05) is 11.6 Å². The van der Waals surface area contributed by atoms with Crippen molar-refractivity contribution in [1.82, 2.24) is 14.5 Å². The van der Waals surface area contributed by atoms with Crippen LogP contribution in [0.5, 0.6) is 0 Å². The largest absolute Gasteiger partial charge is 0.390 e. The molecule has 2 aromatic rings. The summed E-state index contributed by atoms with van der Waals surface area (Å²) in [5.74, 6) is 0.706. The summed E-state index contributed by atoms with van der Waals surface area (Å²) in [4.78, 5) is 8.19. The molecule has 0 amide bonds. The molecule has 0 atom stereocenters. The molecule has 0 spiro atoms. The maximum atomic E-state index is 9.10. The Bertz CT molecular complexity index is 467. The van der Waals surface area contributed by atoms with Crippen LogP contribution >= 0.6 is 11.6 Å². The third-order valence-corrected chi connectivity index (χ3v) is 2.54. The molecule has 2 heterocycles. The van der Waals surface area contributed by atoms with Crippen LogP contribution in [0.1, 0.15) is 5.69 Å². The molecule has 0 aliphatic heterocycles. The molecule has 78 valence electrons. The first kappa shape index (κ1) is 10.1. The maximum absolute atomic E-state index is 9.10. The number of rotatable bonds is 2. The molecule has 0 unspecified atom stereocenters. The molecule has 4 nitrogen and oxygen atoms in total. The average Bonchev–Trinajstić information content (AvgIpc) is 2.55. The van der Waals surface area contributed by atoms with E-state index in [0.29, 0.717) is 16.7 Å². The van der Waals surface area contributed by atoms with Gasteiger partial charge in [0.25, 0.3) is 0 Å². The number of hydrogen-bond donors (Lipinski definition) is 1. The molecule has 0 aliphatic rings. The van der Waals surface area contributed by atoms with Crippen molar-refractivity contribution in [1.29, 1.82) is 0 Å². The summed E-state index contributed by atoms with van der Waals surface area (Å²) in [5, 5.41) is 9.43. The average molecular weight is 224 g/mol. The molecule has 2 aromatic heterocycles. The maximum Gasteiger partial charge on any atom is 0.153 e. The van der Waals surface area contributed by atoms with Crippen LogP contribution in [-0.4, -0.2) is 19.6 Å². The first-order chi connectivity index (χ1) is 7.24. The van der Waals surface area contributed by atoms with Gasteiger partial charge in [0, 0.05) is 25.0 Å². The summed E-state index contributed by atoms with van der Waals surface area (Å²) in [6.07, 6.45) is 3.40. The molecular weight excluding hydrogens is 214 g/mol. The molecule has 0 radical (unpaired) electrons. The topological polar surface area (TPSA) is 50.9 Å². The highest BCUT2D eigenvalue weighted by Crippen LogP contribution is 2.23. The van der Waals surface area contributed by atoms with Gasteiger partial charge in [-0.25, -0.2) is 4.98 Å². The van der Waals surface area contributed by atoms with Crippen LogP contribution in [0.2, 0.25) is 5.15 Å². The highest BCUT2D eigenvalue weighted by atomic mass is 35.5. The van der Waals surface area contributed by atoms with Crippen molar-refractivity contribution in [3.05, 3.63) is 35.4 Å². The van der Waals surface area contributed by atoms with Gasteiger partial charge < -0.3 is 9.67 Å². The van der Waals surface area contributed by atoms with Gasteiger partial charge in [-0.15, -0.1) is 0 Å². The minimum atomic E-state index is -0.122. The molecule has 2 rings (SSSR count). The number of nitrogens with zero attached hydrogens (tertiary/aromatic N) is 3. The van der Waals surface area contributed by atoms with Gasteiger partial charge >= 0.3 is 0 Å². The lowest BCUT2D eigenvalue weighted by Crippen LogP contribution is -1.98. The predicted molar refractivity (Wildman–Crippen MR) is 57.4 cm³/mol. The zero-order valence-corrected chi connectivity index (χ0v) is 8.94. The summed E-state index contributed by atoms with van der Waals surface area (Å²) in [6, 6.07) is 3.73. The Morgan fingerprint density at radius 3 is 2.87 bits per heavy atom. The number of aromatic nitrogens is 3. The van der Waals surface area contributed by atoms with Crippen LogP contribution in [0.4, 0.5) is 0 Å². The van der Waals surface area contributed by atoms with Crippen molar-refractivity contribution >= 4 is 11.6 Å². The van der Waals surface area contributed by atoms with Gasteiger partial charge in [-0.3, -0.25) is 4.98 Å². The summed E-state index contributed by atoms with van der Waals surface area (Å²) in [7, 11) is 1.81. The number of pyridine rings is 1. The third-order valence-electron chi connectivity index (χ3n) is 2.23. The minimum Gasteiger partial charge on any atom is -0.390 e. The number of hydrogen-bond acceptors (Lipinski definition) is 3. The van der Waals surface area contributed by atoms with Crippen LogP contribution in [0.15, 0.2) is 24.5 Å². The van der Waals surface area contributed by atoms with Crippen LogP contribution in [0.25, 0.3) is 11.4 Å². The van der Waals surface area contributed by atoms with E-state index in [9.17, 15) is 0 Å². The van der Waals surface area contributed by atoms with Crippen molar-refractivity contribution in [2.45, 2.75) is 6.61 Å². The number of aliphatic hydroxyl groups excluding tert-OH is 1. The van der Waals surface area contributed by atoms with Gasteiger partial charge in [0.05, 0.1) is 12.3 Å². The van der Waals surface area contributed by atoms with Crippen LogP contribution in [-0.2, 0) is 13.7 Å². The fourth-order valence-electron chi connectivity index (χ4n) is 1.42. The Balaban J connectivity index is 2.55. The normalized spacial score (nSPS) is 10.6. The number of imidazole rings is 1. The zero-order chi connectivity index (χ0) is 10.8. The van der Waals surface area contributed by atoms with Crippen LogP contribution in [0, 0.1) is 0 Å². The summed E-state index contributed by atoms with van der Waals surface area (Å²) in [5.41, 5.74) is 1.48. The van der Waals surface area contributed by atoms with Gasteiger partial charge in [-0.2, -0.15) is 0 Å². The van der Waals surface area contributed by atoms with Crippen LogP contribution < -0.4 is 0 Å². The van der Waals surface area contributed by atoms with E-state index in [0.717, 1.165) is 5.56 Å². The SMILES string of the molecule is Cn1c(-c2cccnc2)nc(Cl)c1CO. The molecule has 0 aliphatic carbocycles. The van der Waals surface area contributed by atoms with Crippen molar-refractivity contribution in [3.8, 4) is 11.4 Å². The standard InChI is InChI=1S/C10H10ClN3O/c1-14-8(6-15)9(11)13-10(14)7-3-2-4-12-5-7/h2-5,15H,6H2,1H3.